The van der Waals surface area contributed by atoms with Crippen LogP contribution in [-0.4, -0.2) is 76.6 Å². The molecule has 326 valence electrons. The molecule has 0 amide bonds. The van der Waals surface area contributed by atoms with Gasteiger partial charge in [-0.15, -0.1) is 0 Å². The third-order valence-corrected chi connectivity index (χ3v) is 14.5. The number of rotatable bonds is 12. The summed E-state index contributed by atoms with van der Waals surface area (Å²) in [6.45, 7) is 4.81. The third-order valence-electron chi connectivity index (χ3n) is 11.0. The molecule has 1 saturated carbocycles. The van der Waals surface area contributed by atoms with Crippen molar-refractivity contribution in [1.82, 2.24) is 24.2 Å². The van der Waals surface area contributed by atoms with Crippen LogP contribution in [0.2, 0.25) is 0 Å². The summed E-state index contributed by atoms with van der Waals surface area (Å²) in [6.07, 6.45) is 4.82. The van der Waals surface area contributed by atoms with Gasteiger partial charge in [-0.3, -0.25) is 0 Å². The van der Waals surface area contributed by atoms with Gasteiger partial charge in [-0.1, -0.05) is 76.6 Å². The molecule has 13 nitrogen and oxygen atoms in total. The molecule has 5 aromatic carbocycles. The molecule has 0 spiro atoms. The maximum atomic E-state index is 13.6. The zero-order valence-corrected chi connectivity index (χ0v) is 39.4. The number of sulfonamides is 1. The lowest BCUT2D eigenvalue weighted by molar-refractivity contribution is 0.386. The molecule has 0 aliphatic heterocycles. The number of aromatic nitrogens is 4. The van der Waals surface area contributed by atoms with Crippen LogP contribution in [0.25, 0.3) is 32.7 Å². The van der Waals surface area contributed by atoms with Crippen LogP contribution in [0.3, 0.4) is 0 Å². The average molecular weight is 961 g/mol. The lowest BCUT2D eigenvalue weighted by Gasteiger charge is -2.29. The van der Waals surface area contributed by atoms with Gasteiger partial charge in [0.25, 0.3) is 9.05 Å². The van der Waals surface area contributed by atoms with Gasteiger partial charge in [-0.05, 0) is 81.5 Å². The van der Waals surface area contributed by atoms with E-state index < -0.39 is 19.1 Å². The molecule has 0 radical (unpaired) electrons. The molecular formula is C45H51BrClN9O4S2. The first kappa shape index (κ1) is 45.0. The van der Waals surface area contributed by atoms with Gasteiger partial charge in [0.05, 0.1) is 16.1 Å². The van der Waals surface area contributed by atoms with Crippen molar-refractivity contribution in [3.05, 3.63) is 113 Å². The Morgan fingerprint density at radius 3 is 1.82 bits per heavy atom. The number of benzene rings is 5. The van der Waals surface area contributed by atoms with Crippen LogP contribution in [0.5, 0.6) is 0 Å². The molecule has 17 heteroatoms. The normalized spacial score (nSPS) is 15.7. The van der Waals surface area contributed by atoms with Gasteiger partial charge in [-0.25, -0.2) is 26.5 Å². The van der Waals surface area contributed by atoms with Crippen molar-refractivity contribution in [2.75, 3.05) is 48.6 Å². The van der Waals surface area contributed by atoms with Gasteiger partial charge in [-0.2, -0.15) is 9.97 Å². The Balaban J connectivity index is 0.000000284. The molecule has 0 bridgehead atoms. The second kappa shape index (κ2) is 18.8. The molecule has 1 aliphatic carbocycles. The molecule has 0 unspecified atom stereocenters. The van der Waals surface area contributed by atoms with Crippen LogP contribution in [-0.2, 0) is 25.6 Å². The predicted octanol–water partition coefficient (Wildman–Crippen LogP) is 9.54. The summed E-state index contributed by atoms with van der Waals surface area (Å²) in [6, 6.07) is 30.2. The standard InChI is InChI=1S/C33H39BrN8O2S.C12H12ClNO2S/c1-21(2)42-20-36-30-31(35-19-22-11-13-23(34)14-12-22)38-33(39-32(30)42)37-24-15-17-25(18-16-24)40-45(43,44)29-10-6-7-26-27(29)8-5-9-28(26)41(3)4;1-14(2)11-7-3-6-10-9(11)5-4-8-12(10)17(13,15)16/h5-14,20-21,24-25,40H,15-19H2,1-4H3,(H2,35,37,38,39);3-8H,1-2H3. The molecule has 7 aromatic rings. The highest BCUT2D eigenvalue weighted by molar-refractivity contribution is 9.10. The van der Waals surface area contributed by atoms with Crippen molar-refractivity contribution in [1.29, 1.82) is 0 Å². The van der Waals surface area contributed by atoms with E-state index in [2.05, 4.69) is 62.2 Å². The fraction of sp³-hybridized carbons (Fsp3) is 0.311. The maximum Gasteiger partial charge on any atom is 0.261 e. The van der Waals surface area contributed by atoms with E-state index in [0.29, 0.717) is 41.4 Å². The van der Waals surface area contributed by atoms with E-state index in [1.165, 1.54) is 6.07 Å². The summed E-state index contributed by atoms with van der Waals surface area (Å²) in [4.78, 5) is 18.7. The van der Waals surface area contributed by atoms with E-state index in [9.17, 15) is 16.8 Å². The van der Waals surface area contributed by atoms with Gasteiger partial charge in [0.2, 0.25) is 16.0 Å². The fourth-order valence-electron chi connectivity index (χ4n) is 7.85. The van der Waals surface area contributed by atoms with E-state index in [0.717, 1.165) is 61.6 Å². The quantitative estimate of drug-likeness (QED) is 0.100. The molecule has 0 saturated heterocycles. The molecule has 8 rings (SSSR count). The Morgan fingerprint density at radius 2 is 1.26 bits per heavy atom. The third kappa shape index (κ3) is 10.1. The molecule has 1 aliphatic rings. The summed E-state index contributed by atoms with van der Waals surface area (Å²) in [7, 11) is 5.75. The van der Waals surface area contributed by atoms with Gasteiger partial charge in [0.1, 0.15) is 0 Å². The molecule has 2 aromatic heterocycles. The van der Waals surface area contributed by atoms with E-state index in [-0.39, 0.29) is 23.0 Å². The van der Waals surface area contributed by atoms with Gasteiger partial charge < -0.3 is 25.0 Å². The van der Waals surface area contributed by atoms with E-state index in [4.69, 9.17) is 20.7 Å². The number of nitrogens with one attached hydrogen (secondary N) is 3. The van der Waals surface area contributed by atoms with Crippen LogP contribution < -0.4 is 25.2 Å². The van der Waals surface area contributed by atoms with E-state index in [1.807, 2.05) is 110 Å². The first-order valence-corrected chi connectivity index (χ1v) is 24.9. The molecule has 3 N–H and O–H groups in total. The number of anilines is 4. The zero-order chi connectivity index (χ0) is 44.3. The van der Waals surface area contributed by atoms with Crippen molar-refractivity contribution < 1.29 is 16.8 Å². The Morgan fingerprint density at radius 1 is 0.726 bits per heavy atom. The zero-order valence-electron chi connectivity index (χ0n) is 35.5. The number of hydrogen-bond donors (Lipinski definition) is 3. The molecular weight excluding hydrogens is 910 g/mol. The van der Waals surface area contributed by atoms with E-state index >= 15 is 0 Å². The van der Waals surface area contributed by atoms with Crippen molar-refractivity contribution in [3.63, 3.8) is 0 Å². The first-order chi connectivity index (χ1) is 29.5. The number of fused-ring (bicyclic) bond motifs is 3. The predicted molar refractivity (Wildman–Crippen MR) is 257 cm³/mol. The minimum atomic E-state index is -3.72. The summed E-state index contributed by atoms with van der Waals surface area (Å²) in [5.74, 6) is 1.22. The highest BCUT2D eigenvalue weighted by Crippen LogP contribution is 2.33. The Labute approximate surface area is 376 Å². The fourth-order valence-corrected chi connectivity index (χ4v) is 10.7. The van der Waals surface area contributed by atoms with Gasteiger partial charge in [0, 0.05) is 101 Å². The molecule has 62 heavy (non-hydrogen) atoms. The summed E-state index contributed by atoms with van der Waals surface area (Å²) in [5, 5.41) is 10.2. The molecule has 2 heterocycles. The van der Waals surface area contributed by atoms with Crippen LogP contribution in [0, 0.1) is 0 Å². The molecule has 1 fully saturated rings. The molecule has 0 atom stereocenters. The number of hydrogen-bond acceptors (Lipinski definition) is 11. The number of imidazole rings is 1. The smallest absolute Gasteiger partial charge is 0.261 e. The van der Waals surface area contributed by atoms with E-state index in [1.54, 1.807) is 18.2 Å². The van der Waals surface area contributed by atoms with Crippen LogP contribution in [0.15, 0.2) is 118 Å². The number of halogens is 2. The highest BCUT2D eigenvalue weighted by Gasteiger charge is 2.28. The second-order valence-electron chi connectivity index (χ2n) is 16.1. The lowest BCUT2D eigenvalue weighted by atomic mass is 9.92. The van der Waals surface area contributed by atoms with Crippen molar-refractivity contribution in [2.24, 2.45) is 0 Å². The largest absolute Gasteiger partial charge is 0.377 e. The van der Waals surface area contributed by atoms with Crippen molar-refractivity contribution in [3.8, 4) is 0 Å². The van der Waals surface area contributed by atoms with Crippen LogP contribution >= 0.6 is 26.6 Å². The Hall–Kier alpha value is -5.00. The average Bonchev–Trinajstić information content (AvgIpc) is 3.67. The van der Waals surface area contributed by atoms with Gasteiger partial charge in [0.15, 0.2) is 17.0 Å². The number of nitrogens with zero attached hydrogens (tertiary/aromatic N) is 6. The summed E-state index contributed by atoms with van der Waals surface area (Å²) in [5.41, 5.74) is 4.58. The topological polar surface area (TPSA) is 154 Å². The minimum absolute atomic E-state index is 0.123. The Kier molecular flexibility index (Phi) is 13.6. The highest BCUT2D eigenvalue weighted by atomic mass is 79.9. The summed E-state index contributed by atoms with van der Waals surface area (Å²) >= 11 is 3.49. The van der Waals surface area contributed by atoms with Crippen LogP contribution in [0.1, 0.15) is 51.1 Å². The Bertz CT molecular complexity index is 2940. The minimum Gasteiger partial charge on any atom is -0.377 e. The lowest BCUT2D eigenvalue weighted by Crippen LogP contribution is -2.40. The van der Waals surface area contributed by atoms with Crippen molar-refractivity contribution in [2.45, 2.75) is 74.0 Å². The summed E-state index contributed by atoms with van der Waals surface area (Å²) < 4.78 is 56.2. The maximum absolute atomic E-state index is 13.6. The SMILES string of the molecule is CC(C)n1cnc2c(NCc3ccc(Br)cc3)nc(NC3CCC(NS(=O)(=O)c4cccc5c(N(C)C)cccc45)CC3)nc21.CN(C)c1cccc2c(S(=O)(=O)Cl)cccc12. The van der Waals surface area contributed by atoms with Gasteiger partial charge >= 0.3 is 0 Å². The van der Waals surface area contributed by atoms with Crippen molar-refractivity contribution >= 4 is 102 Å². The monoisotopic (exact) mass is 959 g/mol. The second-order valence-corrected chi connectivity index (χ2v) is 21.2. The van der Waals surface area contributed by atoms with Crippen LogP contribution in [0.4, 0.5) is 23.1 Å². The first-order valence-electron chi connectivity index (χ1n) is 20.3.